The van der Waals surface area contributed by atoms with Gasteiger partial charge < -0.3 is 10.4 Å². The molecule has 0 spiro atoms. The van der Waals surface area contributed by atoms with Crippen LogP contribution >= 0.6 is 0 Å². The van der Waals surface area contributed by atoms with E-state index in [1.807, 2.05) is 39.0 Å². The van der Waals surface area contributed by atoms with Gasteiger partial charge in [0.25, 0.3) is 0 Å². The van der Waals surface area contributed by atoms with Crippen LogP contribution in [-0.4, -0.2) is 16.1 Å². The van der Waals surface area contributed by atoms with E-state index in [9.17, 15) is 9.90 Å². The van der Waals surface area contributed by atoms with E-state index in [0.29, 0.717) is 5.82 Å². The minimum atomic E-state index is -0.932. The van der Waals surface area contributed by atoms with E-state index >= 15 is 0 Å². The lowest BCUT2D eigenvalue weighted by Crippen LogP contribution is -2.04. The van der Waals surface area contributed by atoms with E-state index in [1.54, 1.807) is 12.1 Å². The van der Waals surface area contributed by atoms with E-state index in [2.05, 4.69) is 10.3 Å². The number of carboxylic acids is 1. The van der Waals surface area contributed by atoms with Crippen molar-refractivity contribution < 1.29 is 9.90 Å². The Bertz CT molecular complexity index is 666. The fraction of sp³-hybridized carbons (Fsp3) is 0.294. The van der Waals surface area contributed by atoms with Crippen LogP contribution in [0.15, 0.2) is 30.3 Å². The maximum atomic E-state index is 11.2. The second-order valence-corrected chi connectivity index (χ2v) is 5.23. The predicted octanol–water partition coefficient (Wildman–Crippen LogP) is 4.09. The maximum absolute atomic E-state index is 11.2. The van der Waals surface area contributed by atoms with Crippen molar-refractivity contribution in [1.82, 2.24) is 4.98 Å². The van der Waals surface area contributed by atoms with Crippen LogP contribution in [0.2, 0.25) is 0 Å². The molecule has 0 aliphatic heterocycles. The van der Waals surface area contributed by atoms with E-state index in [4.69, 9.17) is 0 Å². The molecule has 2 N–H and O–H groups in total. The van der Waals surface area contributed by atoms with E-state index in [-0.39, 0.29) is 5.56 Å². The normalized spacial score (nSPS) is 10.4. The first kappa shape index (κ1) is 15.0. The zero-order valence-electron chi connectivity index (χ0n) is 12.6. The Balaban J connectivity index is 2.38. The van der Waals surface area contributed by atoms with Gasteiger partial charge in [-0.1, -0.05) is 25.5 Å². The Morgan fingerprint density at radius 1 is 1.24 bits per heavy atom. The second kappa shape index (κ2) is 6.39. The smallest absolute Gasteiger partial charge is 0.335 e. The number of hydrogen-bond acceptors (Lipinski definition) is 3. The Morgan fingerprint density at radius 2 is 2.00 bits per heavy atom. The van der Waals surface area contributed by atoms with Gasteiger partial charge in [-0.15, -0.1) is 0 Å². The van der Waals surface area contributed by atoms with E-state index in [1.165, 1.54) is 0 Å². The van der Waals surface area contributed by atoms with Gasteiger partial charge in [-0.05, 0) is 49.6 Å². The number of aromatic carboxylic acids is 1. The summed E-state index contributed by atoms with van der Waals surface area (Å²) in [6, 6.07) is 9.32. The summed E-state index contributed by atoms with van der Waals surface area (Å²) in [5, 5.41) is 12.4. The van der Waals surface area contributed by atoms with E-state index < -0.39 is 5.97 Å². The van der Waals surface area contributed by atoms with Gasteiger partial charge in [-0.2, -0.15) is 0 Å². The minimum absolute atomic E-state index is 0.265. The number of benzene rings is 1. The van der Waals surface area contributed by atoms with Crippen LogP contribution in [0.5, 0.6) is 0 Å². The summed E-state index contributed by atoms with van der Waals surface area (Å²) in [5.41, 5.74) is 4.25. The molecule has 0 unspecified atom stereocenters. The molecular weight excluding hydrogens is 264 g/mol. The standard InChI is InChI=1S/C17H20N2O2/c1-4-5-14-9-13(17(20)21)10-16(18-14)19-15-8-11(2)6-7-12(15)3/h6-10H,4-5H2,1-3H3,(H,18,19)(H,20,21). The lowest BCUT2D eigenvalue weighted by molar-refractivity contribution is 0.0696. The molecule has 0 atom stereocenters. The summed E-state index contributed by atoms with van der Waals surface area (Å²) >= 11 is 0. The van der Waals surface area contributed by atoms with Gasteiger partial charge in [0.2, 0.25) is 0 Å². The lowest BCUT2D eigenvalue weighted by Gasteiger charge is -2.12. The molecular formula is C17H20N2O2. The molecule has 0 aliphatic rings. The SMILES string of the molecule is CCCc1cc(C(=O)O)cc(Nc2cc(C)ccc2C)n1. The van der Waals surface area contributed by atoms with Crippen LogP contribution in [0.3, 0.4) is 0 Å². The molecule has 4 nitrogen and oxygen atoms in total. The van der Waals surface area contributed by atoms with Crippen LogP contribution in [0.25, 0.3) is 0 Å². The van der Waals surface area contributed by atoms with Crippen LogP contribution in [0, 0.1) is 13.8 Å². The van der Waals surface area contributed by atoms with E-state index in [0.717, 1.165) is 35.3 Å². The minimum Gasteiger partial charge on any atom is -0.478 e. The number of nitrogens with one attached hydrogen (secondary N) is 1. The van der Waals surface area contributed by atoms with Gasteiger partial charge in [0.1, 0.15) is 5.82 Å². The average Bonchev–Trinajstić information content (AvgIpc) is 2.43. The van der Waals surface area contributed by atoms with Crippen molar-refractivity contribution in [1.29, 1.82) is 0 Å². The first-order valence-electron chi connectivity index (χ1n) is 7.08. The van der Waals surface area contributed by atoms with Crippen molar-refractivity contribution in [2.75, 3.05) is 5.32 Å². The number of aromatic nitrogens is 1. The van der Waals surface area contributed by atoms with Crippen LogP contribution in [0.4, 0.5) is 11.5 Å². The maximum Gasteiger partial charge on any atom is 0.335 e. The topological polar surface area (TPSA) is 62.2 Å². The van der Waals surface area contributed by atoms with Gasteiger partial charge >= 0.3 is 5.97 Å². The first-order valence-corrected chi connectivity index (χ1v) is 7.08. The number of pyridine rings is 1. The number of carbonyl (C=O) groups is 1. The van der Waals surface area contributed by atoms with Gasteiger partial charge in [0.15, 0.2) is 0 Å². The summed E-state index contributed by atoms with van der Waals surface area (Å²) in [7, 11) is 0. The summed E-state index contributed by atoms with van der Waals surface area (Å²) in [6.07, 6.45) is 1.70. The predicted molar refractivity (Wildman–Crippen MR) is 84.4 cm³/mol. The molecule has 0 saturated heterocycles. The Hall–Kier alpha value is -2.36. The number of nitrogens with zero attached hydrogens (tertiary/aromatic N) is 1. The van der Waals surface area contributed by atoms with Crippen LogP contribution in [-0.2, 0) is 6.42 Å². The highest BCUT2D eigenvalue weighted by atomic mass is 16.4. The van der Waals surface area contributed by atoms with Gasteiger partial charge in [-0.3, -0.25) is 0 Å². The van der Waals surface area contributed by atoms with Crippen molar-refractivity contribution >= 4 is 17.5 Å². The van der Waals surface area contributed by atoms with Crippen LogP contribution < -0.4 is 5.32 Å². The van der Waals surface area contributed by atoms with Crippen molar-refractivity contribution in [2.24, 2.45) is 0 Å². The number of rotatable bonds is 5. The molecule has 0 bridgehead atoms. The highest BCUT2D eigenvalue weighted by Crippen LogP contribution is 2.22. The van der Waals surface area contributed by atoms with Gasteiger partial charge in [0, 0.05) is 11.4 Å². The fourth-order valence-corrected chi connectivity index (χ4v) is 2.17. The van der Waals surface area contributed by atoms with Gasteiger partial charge in [0.05, 0.1) is 5.56 Å². The summed E-state index contributed by atoms with van der Waals surface area (Å²) < 4.78 is 0. The number of anilines is 2. The molecule has 2 aromatic rings. The zero-order valence-corrected chi connectivity index (χ0v) is 12.6. The van der Waals surface area contributed by atoms with Crippen molar-refractivity contribution in [3.8, 4) is 0 Å². The fourth-order valence-electron chi connectivity index (χ4n) is 2.17. The molecule has 110 valence electrons. The molecule has 0 amide bonds. The molecule has 0 fully saturated rings. The molecule has 1 aromatic carbocycles. The Kier molecular flexibility index (Phi) is 4.58. The first-order chi connectivity index (χ1) is 9.99. The molecule has 0 saturated carbocycles. The second-order valence-electron chi connectivity index (χ2n) is 5.23. The zero-order chi connectivity index (χ0) is 15.4. The molecule has 4 heteroatoms. The number of carboxylic acid groups (broad SMARTS) is 1. The number of aryl methyl sites for hydroxylation is 3. The Morgan fingerprint density at radius 3 is 2.67 bits per heavy atom. The summed E-state index contributed by atoms with van der Waals surface area (Å²) in [6.45, 7) is 6.08. The van der Waals surface area contributed by atoms with Crippen molar-refractivity contribution in [3.05, 3.63) is 52.7 Å². The molecule has 0 radical (unpaired) electrons. The third kappa shape index (κ3) is 3.81. The van der Waals surface area contributed by atoms with Crippen LogP contribution in [0.1, 0.15) is 40.5 Å². The molecule has 1 aromatic heterocycles. The monoisotopic (exact) mass is 284 g/mol. The Labute approximate surface area is 124 Å². The quantitative estimate of drug-likeness (QED) is 0.868. The van der Waals surface area contributed by atoms with Gasteiger partial charge in [-0.25, -0.2) is 9.78 Å². The third-order valence-corrected chi connectivity index (χ3v) is 3.29. The highest BCUT2D eigenvalue weighted by Gasteiger charge is 2.09. The molecule has 0 aliphatic carbocycles. The molecule has 2 rings (SSSR count). The van der Waals surface area contributed by atoms with Crippen molar-refractivity contribution in [2.45, 2.75) is 33.6 Å². The number of hydrogen-bond donors (Lipinski definition) is 2. The lowest BCUT2D eigenvalue weighted by atomic mass is 10.1. The third-order valence-electron chi connectivity index (χ3n) is 3.29. The van der Waals surface area contributed by atoms with Crippen molar-refractivity contribution in [3.63, 3.8) is 0 Å². The average molecular weight is 284 g/mol. The summed E-state index contributed by atoms with van der Waals surface area (Å²) in [5.74, 6) is -0.356. The molecule has 1 heterocycles. The molecule has 21 heavy (non-hydrogen) atoms. The summed E-state index contributed by atoms with van der Waals surface area (Å²) in [4.78, 5) is 15.7. The largest absolute Gasteiger partial charge is 0.478 e. The highest BCUT2D eigenvalue weighted by molar-refractivity contribution is 5.88.